The van der Waals surface area contributed by atoms with E-state index in [-0.39, 0.29) is 61.8 Å². The summed E-state index contributed by atoms with van der Waals surface area (Å²) >= 11 is 6.34. The summed E-state index contributed by atoms with van der Waals surface area (Å²) in [6, 6.07) is 6.57. The van der Waals surface area contributed by atoms with Crippen molar-refractivity contribution in [2.45, 2.75) is 18.4 Å². The molecule has 1 aliphatic rings. The van der Waals surface area contributed by atoms with E-state index < -0.39 is 81.5 Å². The zero-order valence-electron chi connectivity index (χ0n) is 24.0. The number of nitrogens with one attached hydrogen (secondary N) is 1. The summed E-state index contributed by atoms with van der Waals surface area (Å²) in [6.07, 6.45) is -9.11. The first-order chi connectivity index (χ1) is 22.9. The fourth-order valence-electron chi connectivity index (χ4n) is 5.50. The first kappa shape index (κ1) is 33.5. The number of imide groups is 1. The minimum absolute atomic E-state index is 0.0242. The van der Waals surface area contributed by atoms with Gasteiger partial charge in [0.1, 0.15) is 17.5 Å². The number of benzene rings is 4. The Morgan fingerprint density at radius 1 is 0.755 bits per heavy atom. The molecule has 0 radical (unpaired) electrons. The summed E-state index contributed by atoms with van der Waals surface area (Å²) in [5.74, 6) is -8.27. The van der Waals surface area contributed by atoms with Gasteiger partial charge in [-0.1, -0.05) is 17.7 Å². The summed E-state index contributed by atoms with van der Waals surface area (Å²) in [4.78, 5) is 46.1. The molecule has 0 spiro atoms. The summed E-state index contributed by atoms with van der Waals surface area (Å²) in [5, 5.41) is 2.45. The minimum Gasteiger partial charge on any atom is -0.341 e. The van der Waals surface area contributed by atoms with E-state index in [0.717, 1.165) is 24.3 Å². The molecule has 3 amide bonds. The molecule has 0 saturated carbocycles. The molecule has 1 atom stereocenters. The molecular weight excluding hydrogens is 693 g/mol. The van der Waals surface area contributed by atoms with Gasteiger partial charge in [-0.3, -0.25) is 19.4 Å². The number of nitrogens with zero attached hydrogens (tertiary/aromatic N) is 2. The van der Waals surface area contributed by atoms with Gasteiger partial charge >= 0.3 is 12.4 Å². The molecule has 16 heteroatoms. The molecule has 6 nitrogen and oxygen atoms in total. The smallest absolute Gasteiger partial charge is 0.341 e. The Morgan fingerprint density at radius 2 is 1.33 bits per heavy atom. The van der Waals surface area contributed by atoms with Gasteiger partial charge in [0.2, 0.25) is 0 Å². The van der Waals surface area contributed by atoms with E-state index in [4.69, 9.17) is 11.6 Å². The highest BCUT2D eigenvalue weighted by Gasteiger charge is 2.41. The molecule has 0 fully saturated rings. The van der Waals surface area contributed by atoms with E-state index in [2.05, 4.69) is 10.3 Å². The normalized spacial score (nSPS) is 14.5. The van der Waals surface area contributed by atoms with Crippen molar-refractivity contribution >= 4 is 45.9 Å². The molecule has 250 valence electrons. The van der Waals surface area contributed by atoms with Crippen LogP contribution in [-0.4, -0.2) is 22.7 Å². The average Bonchev–Trinajstić information content (AvgIpc) is 3.38. The maximum Gasteiger partial charge on any atom is 0.416 e. The number of halogens is 10. The molecular formula is C33H15ClF9N3O3. The largest absolute Gasteiger partial charge is 0.416 e. The van der Waals surface area contributed by atoms with Gasteiger partial charge in [0.25, 0.3) is 17.7 Å². The Morgan fingerprint density at radius 3 is 1.88 bits per heavy atom. The van der Waals surface area contributed by atoms with Crippen LogP contribution in [0.5, 0.6) is 0 Å². The van der Waals surface area contributed by atoms with Crippen LogP contribution < -0.4 is 10.2 Å². The number of hydrogen-bond acceptors (Lipinski definition) is 4. The monoisotopic (exact) mass is 707 g/mol. The molecule has 5 aromatic rings. The first-order valence-corrected chi connectivity index (χ1v) is 14.1. The molecule has 49 heavy (non-hydrogen) atoms. The van der Waals surface area contributed by atoms with Gasteiger partial charge in [-0.15, -0.1) is 0 Å². The highest BCUT2D eigenvalue weighted by atomic mass is 35.5. The summed E-state index contributed by atoms with van der Waals surface area (Å²) in [5.41, 5.74) is -6.88. The van der Waals surface area contributed by atoms with Crippen molar-refractivity contribution in [1.29, 1.82) is 0 Å². The van der Waals surface area contributed by atoms with Gasteiger partial charge < -0.3 is 5.32 Å². The van der Waals surface area contributed by atoms with Crippen LogP contribution in [0, 0.1) is 17.5 Å². The van der Waals surface area contributed by atoms with Crippen molar-refractivity contribution in [2.24, 2.45) is 0 Å². The molecule has 1 aliphatic heterocycles. The average molecular weight is 708 g/mol. The number of amides is 3. The minimum atomic E-state index is -5.19. The number of fused-ring (bicyclic) bond motifs is 3. The molecule has 0 bridgehead atoms. The van der Waals surface area contributed by atoms with Crippen molar-refractivity contribution in [2.75, 3.05) is 4.90 Å². The van der Waals surface area contributed by atoms with Crippen LogP contribution in [0.1, 0.15) is 59.4 Å². The van der Waals surface area contributed by atoms with Crippen molar-refractivity contribution in [1.82, 2.24) is 10.3 Å². The lowest BCUT2D eigenvalue weighted by Gasteiger charge is -2.27. The maximum absolute atomic E-state index is 14.5. The standard InChI is InChI=1S/C33H15ClF9N3O3/c34-23-4-3-19(35)13-22(23)28-25-24(10-14-2-1-5-44-27(14)26(25)29(47)45-28)46(30(48)15-6-17(32(38,39)40)11-20(36)8-15)31(49)16-7-18(33(41,42)43)12-21(37)9-16/h1-13,28H,(H,45,47). The van der Waals surface area contributed by atoms with Crippen LogP contribution in [-0.2, 0) is 12.4 Å². The van der Waals surface area contributed by atoms with E-state index >= 15 is 0 Å². The van der Waals surface area contributed by atoms with Crippen molar-refractivity contribution in [3.63, 3.8) is 0 Å². The van der Waals surface area contributed by atoms with Gasteiger partial charge in [0, 0.05) is 38.9 Å². The van der Waals surface area contributed by atoms with Gasteiger partial charge in [0.15, 0.2) is 0 Å². The zero-order chi connectivity index (χ0) is 35.6. The number of rotatable bonds is 4. The lowest BCUT2D eigenvalue weighted by Crippen LogP contribution is -2.38. The number of aromatic nitrogens is 1. The van der Waals surface area contributed by atoms with Gasteiger partial charge in [-0.2, -0.15) is 26.3 Å². The van der Waals surface area contributed by atoms with Gasteiger partial charge in [-0.05, 0) is 66.7 Å². The summed E-state index contributed by atoms with van der Waals surface area (Å²) in [7, 11) is 0. The zero-order valence-corrected chi connectivity index (χ0v) is 24.7. The van der Waals surface area contributed by atoms with Gasteiger partial charge in [0.05, 0.1) is 33.9 Å². The number of carbonyl (C=O) groups excluding carboxylic acids is 3. The van der Waals surface area contributed by atoms with Crippen molar-refractivity contribution < 1.29 is 53.9 Å². The fourth-order valence-corrected chi connectivity index (χ4v) is 5.72. The molecule has 2 heterocycles. The number of alkyl halides is 6. The van der Waals surface area contributed by atoms with Crippen LogP contribution in [0.15, 0.2) is 79.0 Å². The Kier molecular flexibility index (Phi) is 8.13. The second-order valence-electron chi connectivity index (χ2n) is 10.7. The van der Waals surface area contributed by atoms with Crippen LogP contribution in [0.3, 0.4) is 0 Å². The van der Waals surface area contributed by atoms with Crippen LogP contribution in [0.4, 0.5) is 45.2 Å². The van der Waals surface area contributed by atoms with E-state index in [1.54, 1.807) is 0 Å². The third-order valence-corrected chi connectivity index (χ3v) is 7.91. The van der Waals surface area contributed by atoms with Gasteiger partial charge in [-0.25, -0.2) is 18.1 Å². The number of anilines is 1. The molecule has 0 saturated heterocycles. The van der Waals surface area contributed by atoms with Crippen LogP contribution in [0.25, 0.3) is 10.9 Å². The Hall–Kier alpha value is -5.44. The molecule has 4 aromatic carbocycles. The van der Waals surface area contributed by atoms with E-state index in [1.807, 2.05) is 0 Å². The number of hydrogen-bond donors (Lipinski definition) is 1. The third-order valence-electron chi connectivity index (χ3n) is 7.56. The summed E-state index contributed by atoms with van der Waals surface area (Å²) in [6.45, 7) is 0. The fraction of sp³-hybridized carbons (Fsp3) is 0.0909. The van der Waals surface area contributed by atoms with E-state index in [9.17, 15) is 53.9 Å². The molecule has 6 rings (SSSR count). The molecule has 1 aromatic heterocycles. The topological polar surface area (TPSA) is 79.4 Å². The van der Waals surface area contributed by atoms with E-state index in [0.29, 0.717) is 12.1 Å². The first-order valence-electron chi connectivity index (χ1n) is 13.8. The Bertz CT molecular complexity index is 2150. The van der Waals surface area contributed by atoms with Crippen molar-refractivity contribution in [3.05, 3.63) is 140 Å². The highest BCUT2D eigenvalue weighted by molar-refractivity contribution is 6.32. The predicted octanol–water partition coefficient (Wildman–Crippen LogP) is 8.66. The Balaban J connectivity index is 1.69. The second-order valence-corrected chi connectivity index (χ2v) is 11.1. The predicted molar refractivity (Wildman–Crippen MR) is 156 cm³/mol. The van der Waals surface area contributed by atoms with Crippen LogP contribution >= 0.6 is 11.6 Å². The third kappa shape index (κ3) is 6.17. The SMILES string of the molecule is O=C1NC(c2cc(F)ccc2Cl)c2c(N(C(=O)c3cc(F)cc(C(F)(F)F)c3)C(=O)c3cc(F)cc(C(F)(F)F)c3)cc3cccnc3c21. The molecule has 1 unspecified atom stereocenters. The lowest BCUT2D eigenvalue weighted by molar-refractivity contribution is -0.138. The number of pyridine rings is 1. The van der Waals surface area contributed by atoms with Crippen LogP contribution in [0.2, 0.25) is 5.02 Å². The number of carbonyl (C=O) groups is 3. The quantitative estimate of drug-likeness (QED) is 0.150. The second kappa shape index (κ2) is 11.9. The highest BCUT2D eigenvalue weighted by Crippen LogP contribution is 2.45. The Labute approximate surface area is 273 Å². The summed E-state index contributed by atoms with van der Waals surface area (Å²) < 4.78 is 126. The molecule has 0 aliphatic carbocycles. The van der Waals surface area contributed by atoms with E-state index in [1.165, 1.54) is 18.3 Å². The molecule has 1 N–H and O–H groups in total. The lowest BCUT2D eigenvalue weighted by atomic mass is 9.93. The van der Waals surface area contributed by atoms with Crippen molar-refractivity contribution in [3.8, 4) is 0 Å². The maximum atomic E-state index is 14.5.